The third-order valence-corrected chi connectivity index (χ3v) is 5.30. The predicted octanol–water partition coefficient (Wildman–Crippen LogP) is 3.65. The Bertz CT molecular complexity index is 1120. The van der Waals surface area contributed by atoms with Crippen LogP contribution in [-0.2, 0) is 20.9 Å². The van der Waals surface area contributed by atoms with Crippen LogP contribution in [0.25, 0.3) is 0 Å². The topological polar surface area (TPSA) is 93.8 Å². The van der Waals surface area contributed by atoms with Crippen LogP contribution in [0.4, 0.5) is 5.69 Å². The van der Waals surface area contributed by atoms with Gasteiger partial charge in [-0.3, -0.25) is 9.59 Å². The van der Waals surface area contributed by atoms with Crippen LogP contribution in [0.1, 0.15) is 27.5 Å². The molecular formula is C23H24ClN3O5. The number of para-hydroxylation sites is 1. The summed E-state index contributed by atoms with van der Waals surface area (Å²) in [5.41, 5.74) is 2.41. The Labute approximate surface area is 190 Å². The van der Waals surface area contributed by atoms with Crippen molar-refractivity contribution in [3.63, 3.8) is 0 Å². The molecule has 1 aromatic carbocycles. The van der Waals surface area contributed by atoms with Crippen LogP contribution in [-0.4, -0.2) is 47.4 Å². The van der Waals surface area contributed by atoms with E-state index in [9.17, 15) is 14.4 Å². The van der Waals surface area contributed by atoms with Crippen LogP contribution < -0.4 is 5.32 Å². The van der Waals surface area contributed by atoms with E-state index in [1.807, 2.05) is 17.6 Å². The molecule has 0 saturated carbocycles. The number of rotatable bonds is 8. The van der Waals surface area contributed by atoms with Gasteiger partial charge in [0.15, 0.2) is 6.61 Å². The zero-order valence-corrected chi connectivity index (χ0v) is 18.8. The number of hydrogen-bond donors (Lipinski definition) is 1. The first kappa shape index (κ1) is 23.1. The van der Waals surface area contributed by atoms with Gasteiger partial charge in [0.25, 0.3) is 5.91 Å². The Morgan fingerprint density at radius 3 is 2.59 bits per heavy atom. The third kappa shape index (κ3) is 5.59. The predicted molar refractivity (Wildman–Crippen MR) is 120 cm³/mol. The lowest BCUT2D eigenvalue weighted by molar-refractivity contribution is -0.136. The number of ether oxygens (including phenoxy) is 1. The number of hydrogen-bond acceptors (Lipinski definition) is 5. The zero-order valence-electron chi connectivity index (χ0n) is 18.1. The Hall–Kier alpha value is -3.52. The Balaban J connectivity index is 1.53. The van der Waals surface area contributed by atoms with Gasteiger partial charge in [-0.25, -0.2) is 4.79 Å². The number of nitrogens with one attached hydrogen (secondary N) is 1. The zero-order chi connectivity index (χ0) is 23.3. The first-order valence-electron chi connectivity index (χ1n) is 9.91. The van der Waals surface area contributed by atoms with Crippen molar-refractivity contribution in [1.82, 2.24) is 9.47 Å². The van der Waals surface area contributed by atoms with E-state index in [4.69, 9.17) is 20.8 Å². The molecule has 0 saturated heterocycles. The highest BCUT2D eigenvalue weighted by molar-refractivity contribution is 6.33. The Morgan fingerprint density at radius 2 is 1.91 bits per heavy atom. The first-order chi connectivity index (χ1) is 15.3. The molecule has 0 unspecified atom stereocenters. The lowest BCUT2D eigenvalue weighted by Gasteiger charge is -2.17. The van der Waals surface area contributed by atoms with Crippen molar-refractivity contribution in [1.29, 1.82) is 0 Å². The average molecular weight is 458 g/mol. The molecule has 0 fully saturated rings. The maximum absolute atomic E-state index is 12.5. The number of nitrogens with zero attached hydrogens (tertiary/aromatic N) is 2. The summed E-state index contributed by atoms with van der Waals surface area (Å²) in [6.45, 7) is 3.48. The summed E-state index contributed by atoms with van der Waals surface area (Å²) in [7, 11) is 1.46. The SMILES string of the molecule is Cc1cc(C(=O)OCC(=O)N(C)CC(=O)Nc2ccccc2Cl)c(C)n1Cc1ccco1. The summed E-state index contributed by atoms with van der Waals surface area (Å²) in [6.07, 6.45) is 1.59. The second kappa shape index (κ2) is 10.2. The normalized spacial score (nSPS) is 10.6. The maximum Gasteiger partial charge on any atom is 0.340 e. The van der Waals surface area contributed by atoms with Crippen molar-refractivity contribution in [2.75, 3.05) is 25.5 Å². The van der Waals surface area contributed by atoms with Crippen molar-refractivity contribution in [3.05, 3.63) is 76.5 Å². The number of likely N-dealkylation sites (N-methyl/N-ethyl adjacent to an activating group) is 1. The van der Waals surface area contributed by atoms with Crippen LogP contribution >= 0.6 is 11.6 Å². The summed E-state index contributed by atoms with van der Waals surface area (Å²) in [5.74, 6) is -0.761. The van der Waals surface area contributed by atoms with Crippen molar-refractivity contribution >= 4 is 35.1 Å². The van der Waals surface area contributed by atoms with Crippen molar-refractivity contribution in [3.8, 4) is 0 Å². The molecule has 3 aromatic rings. The number of carbonyl (C=O) groups is 3. The number of benzene rings is 1. The van der Waals surface area contributed by atoms with E-state index in [1.54, 1.807) is 49.6 Å². The molecule has 9 heteroatoms. The fourth-order valence-corrected chi connectivity index (χ4v) is 3.36. The average Bonchev–Trinajstić information content (AvgIpc) is 3.37. The van der Waals surface area contributed by atoms with Gasteiger partial charge in [-0.1, -0.05) is 23.7 Å². The Kier molecular flexibility index (Phi) is 7.37. The highest BCUT2D eigenvalue weighted by atomic mass is 35.5. The molecule has 0 atom stereocenters. The number of carbonyl (C=O) groups excluding carboxylic acids is 3. The van der Waals surface area contributed by atoms with E-state index in [-0.39, 0.29) is 6.54 Å². The van der Waals surface area contributed by atoms with Gasteiger partial charge >= 0.3 is 5.97 Å². The number of amides is 2. The van der Waals surface area contributed by atoms with E-state index < -0.39 is 24.4 Å². The molecule has 32 heavy (non-hydrogen) atoms. The molecule has 0 bridgehead atoms. The summed E-state index contributed by atoms with van der Waals surface area (Å²) < 4.78 is 12.5. The number of anilines is 1. The van der Waals surface area contributed by atoms with Crippen LogP contribution in [0, 0.1) is 13.8 Å². The first-order valence-corrected chi connectivity index (χ1v) is 10.3. The lowest BCUT2D eigenvalue weighted by atomic mass is 10.2. The van der Waals surface area contributed by atoms with Crippen molar-refractivity contribution < 1.29 is 23.5 Å². The minimum Gasteiger partial charge on any atom is -0.467 e. The summed E-state index contributed by atoms with van der Waals surface area (Å²) in [6, 6.07) is 12.2. The molecule has 2 amide bonds. The van der Waals surface area contributed by atoms with Gasteiger partial charge < -0.3 is 23.9 Å². The molecule has 0 aliphatic carbocycles. The fourth-order valence-electron chi connectivity index (χ4n) is 3.18. The third-order valence-electron chi connectivity index (χ3n) is 4.97. The van der Waals surface area contributed by atoms with Gasteiger partial charge in [-0.05, 0) is 44.2 Å². The minimum atomic E-state index is -0.605. The van der Waals surface area contributed by atoms with Gasteiger partial charge in [0, 0.05) is 18.4 Å². The quantitative estimate of drug-likeness (QED) is 0.521. The van der Waals surface area contributed by atoms with Gasteiger partial charge in [-0.2, -0.15) is 0 Å². The highest BCUT2D eigenvalue weighted by Crippen LogP contribution is 2.20. The molecule has 0 aliphatic rings. The monoisotopic (exact) mass is 457 g/mol. The van der Waals surface area contributed by atoms with E-state index in [1.165, 1.54) is 11.9 Å². The van der Waals surface area contributed by atoms with E-state index in [0.29, 0.717) is 28.5 Å². The molecule has 0 aliphatic heterocycles. The van der Waals surface area contributed by atoms with Crippen LogP contribution in [0.2, 0.25) is 5.02 Å². The highest BCUT2D eigenvalue weighted by Gasteiger charge is 2.20. The maximum atomic E-state index is 12.5. The number of esters is 1. The minimum absolute atomic E-state index is 0.209. The second-order valence-corrected chi connectivity index (χ2v) is 7.71. The number of furan rings is 1. The van der Waals surface area contributed by atoms with Crippen LogP contribution in [0.15, 0.2) is 53.1 Å². The van der Waals surface area contributed by atoms with Crippen molar-refractivity contribution in [2.24, 2.45) is 0 Å². The molecule has 168 valence electrons. The van der Waals surface area contributed by atoms with E-state index >= 15 is 0 Å². The molecule has 1 N–H and O–H groups in total. The standard InChI is InChI=1S/C23H24ClN3O5/c1-15-11-18(16(2)27(15)12-17-7-6-10-31-17)23(30)32-14-22(29)26(3)13-21(28)25-20-9-5-4-8-19(20)24/h4-11H,12-14H2,1-3H3,(H,25,28). The number of halogens is 1. The largest absolute Gasteiger partial charge is 0.467 e. The Morgan fingerprint density at radius 1 is 1.16 bits per heavy atom. The van der Waals surface area contributed by atoms with Gasteiger partial charge in [0.05, 0.1) is 35.6 Å². The lowest BCUT2D eigenvalue weighted by Crippen LogP contribution is -2.37. The summed E-state index contributed by atoms with van der Waals surface area (Å²) in [5, 5.41) is 3.03. The molecular weight excluding hydrogens is 434 g/mol. The summed E-state index contributed by atoms with van der Waals surface area (Å²) >= 11 is 6.02. The van der Waals surface area contributed by atoms with E-state index in [0.717, 1.165) is 11.5 Å². The molecule has 0 radical (unpaired) electrons. The number of aromatic nitrogens is 1. The molecule has 8 nitrogen and oxygen atoms in total. The van der Waals surface area contributed by atoms with Crippen molar-refractivity contribution in [2.45, 2.75) is 20.4 Å². The summed E-state index contributed by atoms with van der Waals surface area (Å²) in [4.78, 5) is 38.2. The van der Waals surface area contributed by atoms with Gasteiger partial charge in [0.1, 0.15) is 5.76 Å². The van der Waals surface area contributed by atoms with Gasteiger partial charge in [0.2, 0.25) is 5.91 Å². The molecule has 3 rings (SSSR count). The molecule has 2 heterocycles. The smallest absolute Gasteiger partial charge is 0.340 e. The molecule has 2 aromatic heterocycles. The second-order valence-electron chi connectivity index (χ2n) is 7.30. The molecule has 0 spiro atoms. The number of aryl methyl sites for hydroxylation is 1. The van der Waals surface area contributed by atoms with Crippen LogP contribution in [0.5, 0.6) is 0 Å². The van der Waals surface area contributed by atoms with E-state index in [2.05, 4.69) is 5.32 Å². The van der Waals surface area contributed by atoms with Gasteiger partial charge in [-0.15, -0.1) is 0 Å². The fraction of sp³-hybridized carbons (Fsp3) is 0.261. The van der Waals surface area contributed by atoms with Crippen LogP contribution in [0.3, 0.4) is 0 Å².